The Hall–Kier alpha value is -0.380. The van der Waals surface area contributed by atoms with Gasteiger partial charge >= 0.3 is 0 Å². The van der Waals surface area contributed by atoms with E-state index in [-0.39, 0.29) is 0 Å². The van der Waals surface area contributed by atoms with Crippen LogP contribution in [0.4, 0.5) is 0 Å². The number of halogens is 1. The Kier molecular flexibility index (Phi) is 4.82. The number of hydrogen-bond acceptors (Lipinski definition) is 2. The molecule has 2 rings (SSSR count). The molecule has 1 fully saturated rings. The molecular formula is C15H22BrNO. The molecule has 0 aliphatic heterocycles. The van der Waals surface area contributed by atoms with Gasteiger partial charge in [-0.15, -0.1) is 0 Å². The van der Waals surface area contributed by atoms with E-state index >= 15 is 0 Å². The minimum absolute atomic E-state index is 0.425. The Morgan fingerprint density at radius 2 is 2.17 bits per heavy atom. The summed E-state index contributed by atoms with van der Waals surface area (Å²) < 4.78 is 1.02. The van der Waals surface area contributed by atoms with Crippen molar-refractivity contribution in [1.82, 2.24) is 5.32 Å². The van der Waals surface area contributed by atoms with Gasteiger partial charge in [0.05, 0.1) is 6.10 Å². The predicted octanol–water partition coefficient (Wildman–Crippen LogP) is 3.51. The van der Waals surface area contributed by atoms with E-state index in [1.54, 1.807) is 0 Å². The van der Waals surface area contributed by atoms with Crippen molar-refractivity contribution in [2.45, 2.75) is 38.8 Å². The zero-order valence-electron chi connectivity index (χ0n) is 11.1. The highest BCUT2D eigenvalue weighted by Crippen LogP contribution is 2.31. The van der Waals surface area contributed by atoms with Crippen LogP contribution in [-0.2, 0) is 0 Å². The quantitative estimate of drug-likeness (QED) is 0.892. The summed E-state index contributed by atoms with van der Waals surface area (Å²) in [4.78, 5) is 0. The first-order valence-corrected chi connectivity index (χ1v) is 7.54. The Balaban J connectivity index is 1.87. The smallest absolute Gasteiger partial charge is 0.0914 e. The van der Waals surface area contributed by atoms with Crippen LogP contribution in [0.15, 0.2) is 28.7 Å². The van der Waals surface area contributed by atoms with Crippen molar-refractivity contribution in [2.75, 3.05) is 6.54 Å². The van der Waals surface area contributed by atoms with Gasteiger partial charge in [-0.05, 0) is 42.4 Å². The molecule has 4 atom stereocenters. The largest absolute Gasteiger partial charge is 0.387 e. The minimum Gasteiger partial charge on any atom is -0.387 e. The lowest BCUT2D eigenvalue weighted by Crippen LogP contribution is -2.35. The Bertz CT molecular complexity index is 396. The van der Waals surface area contributed by atoms with E-state index in [0.717, 1.165) is 16.0 Å². The number of aliphatic hydroxyl groups is 1. The SMILES string of the molecule is CC1CCC(NCC(O)c2cccc(Br)c2)C1C. The summed E-state index contributed by atoms with van der Waals surface area (Å²) in [5.41, 5.74) is 0.968. The van der Waals surface area contributed by atoms with Gasteiger partial charge in [0.1, 0.15) is 0 Å². The lowest BCUT2D eigenvalue weighted by Gasteiger charge is -2.21. The number of aliphatic hydroxyl groups excluding tert-OH is 1. The van der Waals surface area contributed by atoms with Gasteiger partial charge in [0, 0.05) is 17.1 Å². The van der Waals surface area contributed by atoms with Crippen molar-refractivity contribution in [3.05, 3.63) is 34.3 Å². The van der Waals surface area contributed by atoms with Crippen LogP contribution in [0.3, 0.4) is 0 Å². The van der Waals surface area contributed by atoms with Crippen molar-refractivity contribution in [3.63, 3.8) is 0 Å². The molecule has 0 radical (unpaired) electrons. The van der Waals surface area contributed by atoms with Crippen LogP contribution in [0.1, 0.15) is 38.4 Å². The van der Waals surface area contributed by atoms with E-state index in [1.807, 2.05) is 24.3 Å². The van der Waals surface area contributed by atoms with Crippen LogP contribution in [0.2, 0.25) is 0 Å². The second-order valence-corrected chi connectivity index (χ2v) is 6.41. The monoisotopic (exact) mass is 311 g/mol. The molecule has 0 aromatic heterocycles. The van der Waals surface area contributed by atoms with Gasteiger partial charge in [-0.1, -0.05) is 41.9 Å². The first-order valence-electron chi connectivity index (χ1n) is 6.75. The van der Waals surface area contributed by atoms with Crippen LogP contribution < -0.4 is 5.32 Å². The molecule has 3 heteroatoms. The Labute approximate surface area is 118 Å². The summed E-state index contributed by atoms with van der Waals surface area (Å²) in [6, 6.07) is 8.44. The van der Waals surface area contributed by atoms with Gasteiger partial charge < -0.3 is 10.4 Å². The van der Waals surface area contributed by atoms with E-state index in [4.69, 9.17) is 0 Å². The van der Waals surface area contributed by atoms with Gasteiger partial charge in [-0.25, -0.2) is 0 Å². The first kappa shape index (κ1) is 14.0. The van der Waals surface area contributed by atoms with E-state index in [2.05, 4.69) is 35.1 Å². The number of benzene rings is 1. The zero-order valence-corrected chi connectivity index (χ0v) is 12.7. The fraction of sp³-hybridized carbons (Fsp3) is 0.600. The van der Waals surface area contributed by atoms with Crippen LogP contribution in [0, 0.1) is 11.8 Å². The normalized spacial score (nSPS) is 29.4. The minimum atomic E-state index is -0.425. The van der Waals surface area contributed by atoms with E-state index in [0.29, 0.717) is 18.5 Å². The maximum atomic E-state index is 10.2. The third-order valence-corrected chi connectivity index (χ3v) is 4.77. The van der Waals surface area contributed by atoms with Gasteiger partial charge in [-0.3, -0.25) is 0 Å². The van der Waals surface area contributed by atoms with Crippen molar-refractivity contribution >= 4 is 15.9 Å². The topological polar surface area (TPSA) is 32.3 Å². The summed E-state index contributed by atoms with van der Waals surface area (Å²) in [6.45, 7) is 5.26. The number of rotatable bonds is 4. The second-order valence-electron chi connectivity index (χ2n) is 5.50. The Morgan fingerprint density at radius 1 is 1.39 bits per heavy atom. The molecule has 1 aliphatic rings. The maximum Gasteiger partial charge on any atom is 0.0914 e. The van der Waals surface area contributed by atoms with Crippen LogP contribution in [-0.4, -0.2) is 17.7 Å². The molecule has 0 bridgehead atoms. The third-order valence-electron chi connectivity index (χ3n) is 4.27. The van der Waals surface area contributed by atoms with E-state index in [9.17, 15) is 5.11 Å². The van der Waals surface area contributed by atoms with Crippen molar-refractivity contribution in [2.24, 2.45) is 11.8 Å². The zero-order chi connectivity index (χ0) is 13.1. The van der Waals surface area contributed by atoms with Gasteiger partial charge in [0.25, 0.3) is 0 Å². The van der Waals surface area contributed by atoms with Crippen molar-refractivity contribution in [3.8, 4) is 0 Å². The molecule has 18 heavy (non-hydrogen) atoms. The maximum absolute atomic E-state index is 10.2. The van der Waals surface area contributed by atoms with Gasteiger partial charge in [0.15, 0.2) is 0 Å². The first-order chi connectivity index (χ1) is 8.58. The molecule has 4 unspecified atom stereocenters. The lowest BCUT2D eigenvalue weighted by molar-refractivity contribution is 0.165. The number of hydrogen-bond donors (Lipinski definition) is 2. The molecule has 1 aromatic rings. The molecular weight excluding hydrogens is 290 g/mol. The molecule has 2 nitrogen and oxygen atoms in total. The third kappa shape index (κ3) is 3.34. The van der Waals surface area contributed by atoms with E-state index in [1.165, 1.54) is 12.8 Å². The standard InChI is InChI=1S/C15H22BrNO/c1-10-6-7-14(11(10)2)17-9-15(18)12-4-3-5-13(16)8-12/h3-5,8,10-11,14-15,17-18H,6-7,9H2,1-2H3. The molecule has 100 valence electrons. The van der Waals surface area contributed by atoms with Crippen LogP contribution in [0.5, 0.6) is 0 Å². The summed E-state index contributed by atoms with van der Waals surface area (Å²) in [5.74, 6) is 1.50. The highest BCUT2D eigenvalue weighted by Gasteiger charge is 2.29. The van der Waals surface area contributed by atoms with Crippen LogP contribution in [0.25, 0.3) is 0 Å². The molecule has 0 spiro atoms. The summed E-state index contributed by atoms with van der Waals surface area (Å²) in [6.07, 6.45) is 2.10. The fourth-order valence-corrected chi connectivity index (χ4v) is 3.16. The molecule has 0 heterocycles. The number of nitrogens with one attached hydrogen (secondary N) is 1. The Morgan fingerprint density at radius 3 is 2.78 bits per heavy atom. The highest BCUT2D eigenvalue weighted by molar-refractivity contribution is 9.10. The molecule has 1 aromatic carbocycles. The molecule has 1 saturated carbocycles. The molecule has 0 amide bonds. The van der Waals surface area contributed by atoms with Crippen molar-refractivity contribution in [1.29, 1.82) is 0 Å². The summed E-state index contributed by atoms with van der Waals surface area (Å²) >= 11 is 3.43. The summed E-state index contributed by atoms with van der Waals surface area (Å²) in [7, 11) is 0. The average molecular weight is 312 g/mol. The van der Waals surface area contributed by atoms with E-state index < -0.39 is 6.10 Å². The van der Waals surface area contributed by atoms with Gasteiger partial charge in [0.2, 0.25) is 0 Å². The summed E-state index contributed by atoms with van der Waals surface area (Å²) in [5, 5.41) is 13.7. The highest BCUT2D eigenvalue weighted by atomic mass is 79.9. The fourth-order valence-electron chi connectivity index (χ4n) is 2.75. The molecule has 2 N–H and O–H groups in total. The molecule has 0 saturated heterocycles. The average Bonchev–Trinajstić information content (AvgIpc) is 2.67. The van der Waals surface area contributed by atoms with Crippen LogP contribution >= 0.6 is 15.9 Å². The lowest BCUT2D eigenvalue weighted by atomic mass is 9.97. The van der Waals surface area contributed by atoms with Crippen molar-refractivity contribution < 1.29 is 5.11 Å². The van der Waals surface area contributed by atoms with Gasteiger partial charge in [-0.2, -0.15) is 0 Å². The predicted molar refractivity (Wildman–Crippen MR) is 78.5 cm³/mol. The molecule has 1 aliphatic carbocycles. The second kappa shape index (κ2) is 6.18.